The lowest BCUT2D eigenvalue weighted by Crippen LogP contribution is -2.46. The lowest BCUT2D eigenvalue weighted by atomic mass is 9.93. The van der Waals surface area contributed by atoms with Gasteiger partial charge in [0.05, 0.1) is 18.0 Å². The molecule has 21 heavy (non-hydrogen) atoms. The van der Waals surface area contributed by atoms with Crippen LogP contribution in [0.1, 0.15) is 11.1 Å². The Labute approximate surface area is 124 Å². The van der Waals surface area contributed by atoms with Crippen LogP contribution in [0, 0.1) is 5.92 Å². The van der Waals surface area contributed by atoms with Crippen molar-refractivity contribution in [2.45, 2.75) is 13.0 Å². The van der Waals surface area contributed by atoms with E-state index in [1.54, 1.807) is 6.26 Å². The Hall–Kier alpha value is -2.13. The number of benzene rings is 1. The third-order valence-corrected chi connectivity index (χ3v) is 4.19. The normalized spacial score (nSPS) is 16.2. The van der Waals surface area contributed by atoms with Gasteiger partial charge in [-0.1, -0.05) is 18.2 Å². The molecule has 1 aliphatic rings. The van der Waals surface area contributed by atoms with Gasteiger partial charge in [0.1, 0.15) is 0 Å². The predicted molar refractivity (Wildman–Crippen MR) is 82.9 cm³/mol. The maximum Gasteiger partial charge on any atom is 0.0934 e. The van der Waals surface area contributed by atoms with Crippen molar-refractivity contribution in [3.8, 4) is 0 Å². The number of pyridine rings is 1. The van der Waals surface area contributed by atoms with Gasteiger partial charge in [0.15, 0.2) is 0 Å². The molecule has 3 heterocycles. The average molecular weight is 278 g/mol. The van der Waals surface area contributed by atoms with Gasteiger partial charge >= 0.3 is 0 Å². The molecule has 0 aliphatic carbocycles. The second kappa shape index (κ2) is 5.34. The molecule has 3 heteroatoms. The fourth-order valence-corrected chi connectivity index (χ4v) is 3.14. The highest BCUT2D eigenvalue weighted by Crippen LogP contribution is 2.23. The first-order chi connectivity index (χ1) is 10.4. The molecule has 0 radical (unpaired) electrons. The van der Waals surface area contributed by atoms with Crippen molar-refractivity contribution in [1.29, 1.82) is 0 Å². The van der Waals surface area contributed by atoms with Gasteiger partial charge in [-0.2, -0.15) is 0 Å². The number of hydrogen-bond acceptors (Lipinski definition) is 3. The van der Waals surface area contributed by atoms with E-state index in [1.165, 1.54) is 16.5 Å². The highest BCUT2D eigenvalue weighted by molar-refractivity contribution is 5.78. The van der Waals surface area contributed by atoms with Crippen LogP contribution >= 0.6 is 0 Å². The second-order valence-corrected chi connectivity index (χ2v) is 5.93. The number of nitrogens with zero attached hydrogens (tertiary/aromatic N) is 2. The van der Waals surface area contributed by atoms with Gasteiger partial charge < -0.3 is 4.42 Å². The molecule has 2 aromatic heterocycles. The summed E-state index contributed by atoms with van der Waals surface area (Å²) in [5, 5.41) is 1.23. The van der Waals surface area contributed by atoms with E-state index in [-0.39, 0.29) is 0 Å². The van der Waals surface area contributed by atoms with E-state index in [2.05, 4.69) is 40.2 Å². The molecular formula is C18H18N2O. The largest absolute Gasteiger partial charge is 0.472 e. The summed E-state index contributed by atoms with van der Waals surface area (Å²) in [7, 11) is 0. The minimum Gasteiger partial charge on any atom is -0.472 e. The van der Waals surface area contributed by atoms with Crippen LogP contribution < -0.4 is 0 Å². The first-order valence-electron chi connectivity index (χ1n) is 7.44. The molecule has 106 valence electrons. The monoisotopic (exact) mass is 278 g/mol. The molecule has 0 unspecified atom stereocenters. The van der Waals surface area contributed by atoms with Crippen LogP contribution in [0.2, 0.25) is 0 Å². The third kappa shape index (κ3) is 2.69. The highest BCUT2D eigenvalue weighted by atomic mass is 16.3. The highest BCUT2D eigenvalue weighted by Gasteiger charge is 2.26. The van der Waals surface area contributed by atoms with Crippen molar-refractivity contribution >= 4 is 10.9 Å². The molecule has 3 aromatic rings. The number of para-hydroxylation sites is 1. The van der Waals surface area contributed by atoms with E-state index in [0.717, 1.165) is 37.5 Å². The lowest BCUT2D eigenvalue weighted by molar-refractivity contribution is 0.0924. The average Bonchev–Trinajstić information content (AvgIpc) is 2.98. The fourth-order valence-electron chi connectivity index (χ4n) is 3.14. The molecule has 1 aliphatic heterocycles. The van der Waals surface area contributed by atoms with Crippen molar-refractivity contribution in [3.05, 3.63) is 66.2 Å². The SMILES string of the molecule is c1ccc2ncc(CN3CC(Cc4ccoc4)C3)cc2c1. The summed E-state index contributed by atoms with van der Waals surface area (Å²) in [4.78, 5) is 7.02. The number of fused-ring (bicyclic) bond motifs is 1. The van der Waals surface area contributed by atoms with Gasteiger partial charge in [0.2, 0.25) is 0 Å². The summed E-state index contributed by atoms with van der Waals surface area (Å²) >= 11 is 0. The van der Waals surface area contributed by atoms with Gasteiger partial charge in [0, 0.05) is 31.2 Å². The van der Waals surface area contributed by atoms with E-state index < -0.39 is 0 Å². The van der Waals surface area contributed by atoms with E-state index in [0.29, 0.717) is 0 Å². The predicted octanol–water partition coefficient (Wildman–Crippen LogP) is 3.50. The van der Waals surface area contributed by atoms with Crippen LogP contribution in [0.3, 0.4) is 0 Å². The third-order valence-electron chi connectivity index (χ3n) is 4.19. The maximum absolute atomic E-state index is 5.13. The summed E-state index contributed by atoms with van der Waals surface area (Å²) in [5.74, 6) is 0.760. The Morgan fingerprint density at radius 3 is 2.90 bits per heavy atom. The van der Waals surface area contributed by atoms with Crippen LogP contribution in [-0.4, -0.2) is 23.0 Å². The summed E-state index contributed by atoms with van der Waals surface area (Å²) in [6.07, 6.45) is 6.75. The summed E-state index contributed by atoms with van der Waals surface area (Å²) in [6, 6.07) is 12.6. The van der Waals surface area contributed by atoms with E-state index in [9.17, 15) is 0 Å². The first kappa shape index (κ1) is 12.6. The maximum atomic E-state index is 5.13. The molecule has 1 fully saturated rings. The molecule has 0 bridgehead atoms. The molecule has 3 nitrogen and oxygen atoms in total. The van der Waals surface area contributed by atoms with Crippen molar-refractivity contribution in [2.75, 3.05) is 13.1 Å². The number of hydrogen-bond donors (Lipinski definition) is 0. The molecule has 0 atom stereocenters. The van der Waals surface area contributed by atoms with Crippen LogP contribution in [0.15, 0.2) is 59.5 Å². The molecule has 4 rings (SSSR count). The van der Waals surface area contributed by atoms with Crippen LogP contribution in [0.4, 0.5) is 0 Å². The zero-order valence-electron chi connectivity index (χ0n) is 11.9. The van der Waals surface area contributed by atoms with Crippen LogP contribution in [0.25, 0.3) is 10.9 Å². The minimum absolute atomic E-state index is 0.760. The van der Waals surface area contributed by atoms with Gasteiger partial charge in [-0.15, -0.1) is 0 Å². The van der Waals surface area contributed by atoms with Crippen LogP contribution in [0.5, 0.6) is 0 Å². The van der Waals surface area contributed by atoms with Crippen molar-refractivity contribution in [3.63, 3.8) is 0 Å². The van der Waals surface area contributed by atoms with Gasteiger partial charge in [-0.25, -0.2) is 0 Å². The quantitative estimate of drug-likeness (QED) is 0.731. The molecule has 1 saturated heterocycles. The zero-order chi connectivity index (χ0) is 14.1. The molecule has 0 N–H and O–H groups in total. The number of furan rings is 1. The molecular weight excluding hydrogens is 260 g/mol. The zero-order valence-corrected chi connectivity index (χ0v) is 11.9. The topological polar surface area (TPSA) is 29.3 Å². The van der Waals surface area contributed by atoms with Gasteiger partial charge in [-0.3, -0.25) is 9.88 Å². The Morgan fingerprint density at radius 1 is 1.14 bits per heavy atom. The smallest absolute Gasteiger partial charge is 0.0934 e. The second-order valence-electron chi connectivity index (χ2n) is 5.93. The van der Waals surface area contributed by atoms with Crippen molar-refractivity contribution in [1.82, 2.24) is 9.88 Å². The van der Waals surface area contributed by atoms with Gasteiger partial charge in [0.25, 0.3) is 0 Å². The Morgan fingerprint density at radius 2 is 2.05 bits per heavy atom. The number of aromatic nitrogens is 1. The standard InChI is InChI=1S/C18H18N2O/c1-2-4-18-17(3-1)8-15(9-19-18)10-20-11-16(12-20)7-14-5-6-21-13-14/h1-6,8-9,13,16H,7,10-12H2. The lowest BCUT2D eigenvalue weighted by Gasteiger charge is -2.39. The summed E-state index contributed by atoms with van der Waals surface area (Å²) in [5.41, 5.74) is 3.69. The van der Waals surface area contributed by atoms with Crippen LogP contribution in [-0.2, 0) is 13.0 Å². The van der Waals surface area contributed by atoms with E-state index in [4.69, 9.17) is 4.42 Å². The number of rotatable bonds is 4. The van der Waals surface area contributed by atoms with Crippen molar-refractivity contribution < 1.29 is 4.42 Å². The fraction of sp³-hybridized carbons (Fsp3) is 0.278. The summed E-state index contributed by atoms with van der Waals surface area (Å²) in [6.45, 7) is 3.33. The van der Waals surface area contributed by atoms with Gasteiger partial charge in [-0.05, 0) is 41.7 Å². The first-order valence-corrected chi connectivity index (χ1v) is 7.44. The Bertz CT molecular complexity index is 730. The molecule has 0 amide bonds. The Balaban J connectivity index is 1.36. The molecule has 0 saturated carbocycles. The minimum atomic E-state index is 0.760. The Kier molecular flexibility index (Phi) is 3.20. The summed E-state index contributed by atoms with van der Waals surface area (Å²) < 4.78 is 5.13. The van der Waals surface area contributed by atoms with Crippen molar-refractivity contribution in [2.24, 2.45) is 5.92 Å². The van der Waals surface area contributed by atoms with E-state index in [1.807, 2.05) is 18.5 Å². The molecule has 0 spiro atoms. The van der Waals surface area contributed by atoms with E-state index >= 15 is 0 Å². The molecule has 1 aromatic carbocycles. The number of likely N-dealkylation sites (tertiary alicyclic amines) is 1.